The van der Waals surface area contributed by atoms with E-state index in [0.29, 0.717) is 11.8 Å². The number of piperidine rings is 1. The number of carbonyl (C=O) groups excluding carboxylic acids is 1. The Bertz CT molecular complexity index is 448. The summed E-state index contributed by atoms with van der Waals surface area (Å²) in [6.07, 6.45) is 2.29. The number of carbonyl (C=O) groups is 1. The average Bonchev–Trinajstić information content (AvgIpc) is 2.39. The molecule has 0 saturated carbocycles. The SMILES string of the molecule is CC(=O)Nc1cc(C(C)C)ccc1C1CCNCC1. The van der Waals surface area contributed by atoms with Gasteiger partial charge in [0.2, 0.25) is 5.91 Å². The van der Waals surface area contributed by atoms with Crippen LogP contribution in [0.5, 0.6) is 0 Å². The van der Waals surface area contributed by atoms with Gasteiger partial charge in [-0.1, -0.05) is 26.0 Å². The third-order valence-electron chi connectivity index (χ3n) is 3.83. The molecule has 1 saturated heterocycles. The number of hydrogen-bond donors (Lipinski definition) is 2. The van der Waals surface area contributed by atoms with E-state index in [0.717, 1.165) is 31.6 Å². The maximum absolute atomic E-state index is 11.4. The molecule has 0 bridgehead atoms. The van der Waals surface area contributed by atoms with Crippen molar-refractivity contribution in [1.82, 2.24) is 5.32 Å². The molecular weight excluding hydrogens is 236 g/mol. The standard InChI is InChI=1S/C16H24N2O/c1-11(2)14-4-5-15(13-6-8-17-9-7-13)16(10-14)18-12(3)19/h4-5,10-11,13,17H,6-9H2,1-3H3,(H,18,19). The van der Waals surface area contributed by atoms with Gasteiger partial charge < -0.3 is 10.6 Å². The van der Waals surface area contributed by atoms with Gasteiger partial charge in [-0.25, -0.2) is 0 Å². The summed E-state index contributed by atoms with van der Waals surface area (Å²) in [4.78, 5) is 11.4. The van der Waals surface area contributed by atoms with Gasteiger partial charge in [0.25, 0.3) is 0 Å². The smallest absolute Gasteiger partial charge is 0.221 e. The highest BCUT2D eigenvalue weighted by Crippen LogP contribution is 2.33. The number of amides is 1. The van der Waals surface area contributed by atoms with Crippen molar-refractivity contribution < 1.29 is 4.79 Å². The molecule has 19 heavy (non-hydrogen) atoms. The quantitative estimate of drug-likeness (QED) is 0.876. The van der Waals surface area contributed by atoms with Crippen molar-refractivity contribution in [3.05, 3.63) is 29.3 Å². The Morgan fingerprint density at radius 1 is 1.32 bits per heavy atom. The van der Waals surface area contributed by atoms with Crippen molar-refractivity contribution in [3.8, 4) is 0 Å². The summed E-state index contributed by atoms with van der Waals surface area (Å²) < 4.78 is 0. The van der Waals surface area contributed by atoms with E-state index >= 15 is 0 Å². The first kappa shape index (κ1) is 14.1. The molecule has 2 rings (SSSR count). The van der Waals surface area contributed by atoms with Crippen LogP contribution in [0, 0.1) is 0 Å². The van der Waals surface area contributed by atoms with Crippen molar-refractivity contribution >= 4 is 11.6 Å². The van der Waals surface area contributed by atoms with Gasteiger partial charge in [0.15, 0.2) is 0 Å². The highest BCUT2D eigenvalue weighted by molar-refractivity contribution is 5.89. The topological polar surface area (TPSA) is 41.1 Å². The molecule has 0 aromatic heterocycles. The monoisotopic (exact) mass is 260 g/mol. The summed E-state index contributed by atoms with van der Waals surface area (Å²) in [5, 5.41) is 6.39. The predicted octanol–water partition coefficient (Wildman–Crippen LogP) is 3.24. The van der Waals surface area contributed by atoms with E-state index in [4.69, 9.17) is 0 Å². The zero-order valence-electron chi connectivity index (χ0n) is 12.1. The normalized spacial score (nSPS) is 16.6. The van der Waals surface area contributed by atoms with Gasteiger partial charge in [-0.05, 0) is 55.0 Å². The van der Waals surface area contributed by atoms with Crippen molar-refractivity contribution in [1.29, 1.82) is 0 Å². The second kappa shape index (κ2) is 6.20. The predicted molar refractivity (Wildman–Crippen MR) is 79.7 cm³/mol. The maximum atomic E-state index is 11.4. The minimum absolute atomic E-state index is 0.0103. The fraction of sp³-hybridized carbons (Fsp3) is 0.562. The lowest BCUT2D eigenvalue weighted by Gasteiger charge is -2.26. The van der Waals surface area contributed by atoms with E-state index < -0.39 is 0 Å². The Kier molecular flexibility index (Phi) is 4.59. The first-order valence-electron chi connectivity index (χ1n) is 7.20. The molecule has 1 amide bonds. The van der Waals surface area contributed by atoms with E-state index in [-0.39, 0.29) is 5.91 Å². The van der Waals surface area contributed by atoms with Crippen LogP contribution >= 0.6 is 0 Å². The van der Waals surface area contributed by atoms with Gasteiger partial charge >= 0.3 is 0 Å². The molecule has 3 heteroatoms. The summed E-state index contributed by atoms with van der Waals surface area (Å²) in [5.74, 6) is 1.05. The number of nitrogens with one attached hydrogen (secondary N) is 2. The molecule has 0 spiro atoms. The highest BCUT2D eigenvalue weighted by Gasteiger charge is 2.19. The first-order chi connectivity index (χ1) is 9.08. The second-order valence-electron chi connectivity index (χ2n) is 5.71. The summed E-state index contributed by atoms with van der Waals surface area (Å²) in [7, 11) is 0. The number of anilines is 1. The van der Waals surface area contributed by atoms with E-state index in [1.54, 1.807) is 6.92 Å². The third-order valence-corrected chi connectivity index (χ3v) is 3.83. The average molecular weight is 260 g/mol. The molecule has 0 atom stereocenters. The van der Waals surface area contributed by atoms with E-state index in [1.807, 2.05) is 0 Å². The molecule has 1 aromatic rings. The minimum atomic E-state index is 0.0103. The summed E-state index contributed by atoms with van der Waals surface area (Å²) >= 11 is 0. The van der Waals surface area contributed by atoms with Gasteiger partial charge in [0.05, 0.1) is 0 Å². The largest absolute Gasteiger partial charge is 0.326 e. The Balaban J connectivity index is 2.31. The Morgan fingerprint density at radius 2 is 2.00 bits per heavy atom. The molecule has 1 fully saturated rings. The van der Waals surface area contributed by atoms with Crippen molar-refractivity contribution in [2.45, 2.75) is 45.4 Å². The Labute approximate surface area is 115 Å². The van der Waals surface area contributed by atoms with Gasteiger partial charge in [-0.15, -0.1) is 0 Å². The molecule has 1 aliphatic heterocycles. The molecule has 0 aliphatic carbocycles. The van der Waals surface area contributed by atoms with Crippen LogP contribution in [-0.2, 0) is 4.79 Å². The molecule has 104 valence electrons. The molecule has 1 heterocycles. The molecule has 1 aromatic carbocycles. The lowest BCUT2D eigenvalue weighted by atomic mass is 9.87. The van der Waals surface area contributed by atoms with E-state index in [9.17, 15) is 4.79 Å². The molecule has 3 nitrogen and oxygen atoms in total. The fourth-order valence-electron chi connectivity index (χ4n) is 2.72. The van der Waals surface area contributed by atoms with Crippen LogP contribution in [0.1, 0.15) is 56.6 Å². The number of rotatable bonds is 3. The molecule has 2 N–H and O–H groups in total. The fourth-order valence-corrected chi connectivity index (χ4v) is 2.72. The lowest BCUT2D eigenvalue weighted by molar-refractivity contribution is -0.114. The number of hydrogen-bond acceptors (Lipinski definition) is 2. The first-order valence-corrected chi connectivity index (χ1v) is 7.20. The van der Waals surface area contributed by atoms with Crippen LogP contribution in [0.4, 0.5) is 5.69 Å². The lowest BCUT2D eigenvalue weighted by Crippen LogP contribution is -2.27. The Hall–Kier alpha value is -1.35. The zero-order valence-corrected chi connectivity index (χ0v) is 12.1. The summed E-state index contributed by atoms with van der Waals surface area (Å²) in [6.45, 7) is 8.06. The van der Waals surface area contributed by atoms with Crippen LogP contribution in [0.2, 0.25) is 0 Å². The van der Waals surface area contributed by atoms with Gasteiger partial charge in [-0.2, -0.15) is 0 Å². The van der Waals surface area contributed by atoms with Crippen LogP contribution in [-0.4, -0.2) is 19.0 Å². The summed E-state index contributed by atoms with van der Waals surface area (Å²) in [5.41, 5.74) is 3.58. The van der Waals surface area contributed by atoms with E-state index in [2.05, 4.69) is 42.7 Å². The molecule has 0 radical (unpaired) electrons. The summed E-state index contributed by atoms with van der Waals surface area (Å²) in [6, 6.07) is 6.55. The molecule has 0 unspecified atom stereocenters. The van der Waals surface area contributed by atoms with Crippen LogP contribution in [0.25, 0.3) is 0 Å². The van der Waals surface area contributed by atoms with Crippen LogP contribution in [0.15, 0.2) is 18.2 Å². The minimum Gasteiger partial charge on any atom is -0.326 e. The Morgan fingerprint density at radius 3 is 2.58 bits per heavy atom. The molecule has 1 aliphatic rings. The zero-order chi connectivity index (χ0) is 13.8. The van der Waals surface area contributed by atoms with Crippen molar-refractivity contribution in [2.24, 2.45) is 0 Å². The van der Waals surface area contributed by atoms with Crippen molar-refractivity contribution in [2.75, 3.05) is 18.4 Å². The van der Waals surface area contributed by atoms with Gasteiger partial charge in [-0.3, -0.25) is 4.79 Å². The third kappa shape index (κ3) is 3.57. The van der Waals surface area contributed by atoms with Gasteiger partial charge in [0.1, 0.15) is 0 Å². The number of benzene rings is 1. The highest BCUT2D eigenvalue weighted by atomic mass is 16.1. The van der Waals surface area contributed by atoms with Crippen LogP contribution in [0.3, 0.4) is 0 Å². The second-order valence-corrected chi connectivity index (χ2v) is 5.71. The maximum Gasteiger partial charge on any atom is 0.221 e. The van der Waals surface area contributed by atoms with Gasteiger partial charge in [0, 0.05) is 12.6 Å². The van der Waals surface area contributed by atoms with Crippen molar-refractivity contribution in [3.63, 3.8) is 0 Å². The van der Waals surface area contributed by atoms with Crippen LogP contribution < -0.4 is 10.6 Å². The van der Waals surface area contributed by atoms with E-state index in [1.165, 1.54) is 11.1 Å². The molecular formula is C16H24N2O.